The van der Waals surface area contributed by atoms with Crippen LogP contribution < -0.4 is 0 Å². The van der Waals surface area contributed by atoms with Crippen LogP contribution in [0.15, 0.2) is 28.7 Å². The van der Waals surface area contributed by atoms with Crippen LogP contribution in [-0.2, 0) is 4.79 Å². The standard InChI is InChI=1S/C12H15BrO2/c1-2-3-6-10(12(14)15)9-7-4-5-8-11(9)13/h4-5,7-8,10H,2-3,6H2,1H3,(H,14,15). The van der Waals surface area contributed by atoms with Crippen LogP contribution in [0.1, 0.15) is 37.7 Å². The first-order valence-corrected chi connectivity index (χ1v) is 5.93. The zero-order chi connectivity index (χ0) is 11.3. The van der Waals surface area contributed by atoms with Crippen molar-refractivity contribution < 1.29 is 9.90 Å². The molecular weight excluding hydrogens is 256 g/mol. The number of carboxylic acids is 1. The number of rotatable bonds is 5. The van der Waals surface area contributed by atoms with E-state index < -0.39 is 5.97 Å². The van der Waals surface area contributed by atoms with Gasteiger partial charge in [0.05, 0.1) is 5.92 Å². The van der Waals surface area contributed by atoms with E-state index in [1.54, 1.807) is 0 Å². The number of hydrogen-bond donors (Lipinski definition) is 1. The van der Waals surface area contributed by atoms with Gasteiger partial charge in [-0.2, -0.15) is 0 Å². The Hall–Kier alpha value is -0.830. The molecule has 1 N–H and O–H groups in total. The number of aliphatic carboxylic acids is 1. The fourth-order valence-corrected chi connectivity index (χ4v) is 2.14. The SMILES string of the molecule is CCCCC(C(=O)O)c1ccccc1Br. The lowest BCUT2D eigenvalue weighted by molar-refractivity contribution is -0.139. The summed E-state index contributed by atoms with van der Waals surface area (Å²) in [6, 6.07) is 7.53. The zero-order valence-corrected chi connectivity index (χ0v) is 10.3. The molecular formula is C12H15BrO2. The Morgan fingerprint density at radius 1 is 1.47 bits per heavy atom. The lowest BCUT2D eigenvalue weighted by Gasteiger charge is -2.13. The Morgan fingerprint density at radius 3 is 2.67 bits per heavy atom. The summed E-state index contributed by atoms with van der Waals surface area (Å²) in [7, 11) is 0. The van der Waals surface area contributed by atoms with Gasteiger partial charge in [-0.3, -0.25) is 4.79 Å². The molecule has 0 aromatic heterocycles. The number of hydrogen-bond acceptors (Lipinski definition) is 1. The van der Waals surface area contributed by atoms with Crippen molar-refractivity contribution in [3.8, 4) is 0 Å². The third-order valence-corrected chi connectivity index (χ3v) is 3.15. The van der Waals surface area contributed by atoms with Gasteiger partial charge in [0.25, 0.3) is 0 Å². The first-order valence-electron chi connectivity index (χ1n) is 5.14. The molecule has 0 aliphatic heterocycles. The molecule has 1 rings (SSSR count). The maximum Gasteiger partial charge on any atom is 0.311 e. The second kappa shape index (κ2) is 5.91. The van der Waals surface area contributed by atoms with E-state index >= 15 is 0 Å². The molecule has 0 fully saturated rings. The molecule has 0 spiro atoms. The highest BCUT2D eigenvalue weighted by molar-refractivity contribution is 9.10. The minimum absolute atomic E-state index is 0.388. The van der Waals surface area contributed by atoms with Crippen LogP contribution in [0.25, 0.3) is 0 Å². The summed E-state index contributed by atoms with van der Waals surface area (Å²) < 4.78 is 0.883. The van der Waals surface area contributed by atoms with E-state index in [4.69, 9.17) is 5.11 Å². The van der Waals surface area contributed by atoms with Gasteiger partial charge in [-0.05, 0) is 18.1 Å². The van der Waals surface area contributed by atoms with Crippen molar-refractivity contribution >= 4 is 21.9 Å². The molecule has 0 heterocycles. The third kappa shape index (κ3) is 3.34. The smallest absolute Gasteiger partial charge is 0.311 e. The summed E-state index contributed by atoms with van der Waals surface area (Å²) in [4.78, 5) is 11.1. The zero-order valence-electron chi connectivity index (χ0n) is 8.74. The molecule has 0 bridgehead atoms. The molecule has 2 nitrogen and oxygen atoms in total. The second-order valence-electron chi connectivity index (χ2n) is 3.55. The molecule has 0 aliphatic rings. The van der Waals surface area contributed by atoms with Crippen LogP contribution >= 0.6 is 15.9 Å². The highest BCUT2D eigenvalue weighted by Gasteiger charge is 2.20. The average Bonchev–Trinajstić information content (AvgIpc) is 2.20. The van der Waals surface area contributed by atoms with E-state index in [-0.39, 0.29) is 5.92 Å². The van der Waals surface area contributed by atoms with E-state index in [1.807, 2.05) is 24.3 Å². The van der Waals surface area contributed by atoms with Gasteiger partial charge in [-0.25, -0.2) is 0 Å². The van der Waals surface area contributed by atoms with Gasteiger partial charge in [-0.15, -0.1) is 0 Å². The summed E-state index contributed by atoms with van der Waals surface area (Å²) >= 11 is 3.39. The van der Waals surface area contributed by atoms with E-state index in [1.165, 1.54) is 0 Å². The largest absolute Gasteiger partial charge is 0.481 e. The molecule has 0 radical (unpaired) electrons. The van der Waals surface area contributed by atoms with Crippen molar-refractivity contribution in [2.75, 3.05) is 0 Å². The molecule has 0 saturated heterocycles. The van der Waals surface area contributed by atoms with Gasteiger partial charge in [0, 0.05) is 4.47 Å². The minimum Gasteiger partial charge on any atom is -0.481 e. The van der Waals surface area contributed by atoms with Crippen LogP contribution in [0.4, 0.5) is 0 Å². The fourth-order valence-electron chi connectivity index (χ4n) is 1.58. The molecule has 0 aliphatic carbocycles. The number of unbranched alkanes of at least 4 members (excludes halogenated alkanes) is 1. The van der Waals surface area contributed by atoms with Gasteiger partial charge in [0.2, 0.25) is 0 Å². The quantitative estimate of drug-likeness (QED) is 0.884. The topological polar surface area (TPSA) is 37.3 Å². The summed E-state index contributed by atoms with van der Waals surface area (Å²) in [5, 5.41) is 9.16. The van der Waals surface area contributed by atoms with Gasteiger partial charge < -0.3 is 5.11 Å². The van der Waals surface area contributed by atoms with Crippen molar-refractivity contribution in [3.05, 3.63) is 34.3 Å². The maximum absolute atomic E-state index is 11.1. The summed E-state index contributed by atoms with van der Waals surface area (Å²) in [6.45, 7) is 2.07. The van der Waals surface area contributed by atoms with Gasteiger partial charge >= 0.3 is 5.97 Å². The van der Waals surface area contributed by atoms with E-state index in [0.29, 0.717) is 6.42 Å². The van der Waals surface area contributed by atoms with E-state index in [2.05, 4.69) is 22.9 Å². The van der Waals surface area contributed by atoms with Gasteiger partial charge in [-0.1, -0.05) is 53.9 Å². The Kier molecular flexibility index (Phi) is 4.82. The summed E-state index contributed by atoms with van der Waals surface area (Å²) in [5.74, 6) is -1.13. The Bertz CT molecular complexity index is 336. The predicted molar refractivity (Wildman–Crippen MR) is 64.0 cm³/mol. The maximum atomic E-state index is 11.1. The monoisotopic (exact) mass is 270 g/mol. The molecule has 1 atom stereocenters. The minimum atomic E-state index is -0.740. The van der Waals surface area contributed by atoms with Crippen molar-refractivity contribution in [3.63, 3.8) is 0 Å². The van der Waals surface area contributed by atoms with Crippen LogP contribution in [0.2, 0.25) is 0 Å². The molecule has 1 aromatic carbocycles. The Morgan fingerprint density at radius 2 is 2.13 bits per heavy atom. The molecule has 1 unspecified atom stereocenters. The fraction of sp³-hybridized carbons (Fsp3) is 0.417. The van der Waals surface area contributed by atoms with Crippen molar-refractivity contribution in [1.29, 1.82) is 0 Å². The molecule has 15 heavy (non-hydrogen) atoms. The number of halogens is 1. The second-order valence-corrected chi connectivity index (χ2v) is 4.41. The molecule has 3 heteroatoms. The van der Waals surface area contributed by atoms with Crippen LogP contribution in [-0.4, -0.2) is 11.1 Å². The van der Waals surface area contributed by atoms with E-state index in [0.717, 1.165) is 22.9 Å². The predicted octanol–water partition coefficient (Wildman–Crippen LogP) is 3.81. The lowest BCUT2D eigenvalue weighted by atomic mass is 9.94. The van der Waals surface area contributed by atoms with Gasteiger partial charge in [0.1, 0.15) is 0 Å². The molecule has 1 aromatic rings. The number of carbonyl (C=O) groups is 1. The average molecular weight is 271 g/mol. The highest BCUT2D eigenvalue weighted by Crippen LogP contribution is 2.28. The van der Waals surface area contributed by atoms with Crippen LogP contribution in [0.5, 0.6) is 0 Å². The normalized spacial score (nSPS) is 12.4. The van der Waals surface area contributed by atoms with Crippen LogP contribution in [0, 0.1) is 0 Å². The van der Waals surface area contributed by atoms with Crippen molar-refractivity contribution in [2.24, 2.45) is 0 Å². The van der Waals surface area contributed by atoms with Gasteiger partial charge in [0.15, 0.2) is 0 Å². The lowest BCUT2D eigenvalue weighted by Crippen LogP contribution is -2.12. The number of carboxylic acid groups (broad SMARTS) is 1. The first kappa shape index (κ1) is 12.2. The Labute approximate surface area is 98.4 Å². The van der Waals surface area contributed by atoms with Crippen molar-refractivity contribution in [1.82, 2.24) is 0 Å². The number of benzene rings is 1. The molecule has 0 amide bonds. The molecule has 82 valence electrons. The summed E-state index contributed by atoms with van der Waals surface area (Å²) in [6.07, 6.45) is 2.67. The highest BCUT2D eigenvalue weighted by atomic mass is 79.9. The Balaban J connectivity index is 2.89. The third-order valence-electron chi connectivity index (χ3n) is 2.43. The van der Waals surface area contributed by atoms with E-state index in [9.17, 15) is 4.79 Å². The first-order chi connectivity index (χ1) is 7.16. The van der Waals surface area contributed by atoms with Crippen molar-refractivity contribution in [2.45, 2.75) is 32.1 Å². The van der Waals surface area contributed by atoms with Crippen LogP contribution in [0.3, 0.4) is 0 Å². The molecule has 0 saturated carbocycles. The summed E-state index contributed by atoms with van der Waals surface area (Å²) in [5.41, 5.74) is 0.874.